The van der Waals surface area contributed by atoms with Gasteiger partial charge in [-0.3, -0.25) is 14.5 Å². The summed E-state index contributed by atoms with van der Waals surface area (Å²) in [6, 6.07) is 11.4. The van der Waals surface area contributed by atoms with Crippen LogP contribution in [0.1, 0.15) is 11.1 Å². The predicted molar refractivity (Wildman–Crippen MR) is 95.0 cm³/mol. The molecule has 0 spiro atoms. The summed E-state index contributed by atoms with van der Waals surface area (Å²) >= 11 is 0. The number of rotatable bonds is 6. The lowest BCUT2D eigenvalue weighted by Gasteiger charge is -2.10. The minimum Gasteiger partial charge on any atom is -0.484 e. The molecule has 0 atom stereocenters. The van der Waals surface area contributed by atoms with Gasteiger partial charge >= 0.3 is 0 Å². The first kappa shape index (κ1) is 16.7. The van der Waals surface area contributed by atoms with Gasteiger partial charge < -0.3 is 10.1 Å². The number of carbonyl (C=O) groups is 1. The third kappa shape index (κ3) is 4.44. The normalized spacial score (nSPS) is 10.5. The van der Waals surface area contributed by atoms with Crippen molar-refractivity contribution < 1.29 is 9.53 Å². The van der Waals surface area contributed by atoms with Gasteiger partial charge in [-0.15, -0.1) is 0 Å². The maximum absolute atomic E-state index is 12.0. The second-order valence-electron chi connectivity index (χ2n) is 5.79. The van der Waals surface area contributed by atoms with Gasteiger partial charge in [0, 0.05) is 31.5 Å². The van der Waals surface area contributed by atoms with E-state index < -0.39 is 0 Å². The van der Waals surface area contributed by atoms with Crippen LogP contribution in [0.3, 0.4) is 0 Å². The molecule has 0 radical (unpaired) electrons. The fourth-order valence-electron chi connectivity index (χ4n) is 2.41. The van der Waals surface area contributed by atoms with E-state index in [-0.39, 0.29) is 12.5 Å². The SMILES string of the molecule is Cc1ccc(OCC(=O)NCc2cccnc2-c2cnn(C)c2)cc1. The third-order valence-corrected chi connectivity index (χ3v) is 3.74. The zero-order chi connectivity index (χ0) is 17.6. The molecule has 1 amide bonds. The van der Waals surface area contributed by atoms with Gasteiger partial charge in [-0.05, 0) is 30.7 Å². The zero-order valence-corrected chi connectivity index (χ0v) is 14.3. The van der Waals surface area contributed by atoms with Crippen LogP contribution in [0.25, 0.3) is 11.3 Å². The van der Waals surface area contributed by atoms with Crippen LogP contribution in [0.4, 0.5) is 0 Å². The summed E-state index contributed by atoms with van der Waals surface area (Å²) in [5, 5.41) is 7.03. The third-order valence-electron chi connectivity index (χ3n) is 3.74. The van der Waals surface area contributed by atoms with E-state index in [1.807, 2.05) is 56.6 Å². The second-order valence-corrected chi connectivity index (χ2v) is 5.79. The minimum atomic E-state index is -0.179. The maximum atomic E-state index is 12.0. The number of aryl methyl sites for hydroxylation is 2. The van der Waals surface area contributed by atoms with E-state index in [4.69, 9.17) is 4.74 Å². The number of nitrogens with one attached hydrogen (secondary N) is 1. The van der Waals surface area contributed by atoms with Crippen molar-refractivity contribution >= 4 is 5.91 Å². The molecule has 0 saturated heterocycles. The second kappa shape index (κ2) is 7.61. The molecule has 0 aliphatic carbocycles. The molecule has 25 heavy (non-hydrogen) atoms. The Morgan fingerprint density at radius 2 is 2.04 bits per heavy atom. The molecule has 0 saturated carbocycles. The van der Waals surface area contributed by atoms with Gasteiger partial charge in [-0.25, -0.2) is 0 Å². The van der Waals surface area contributed by atoms with Crippen LogP contribution in [0.15, 0.2) is 55.0 Å². The van der Waals surface area contributed by atoms with Crippen LogP contribution in [0.5, 0.6) is 5.75 Å². The highest BCUT2D eigenvalue weighted by Crippen LogP contribution is 2.20. The molecule has 0 bridgehead atoms. The first-order valence-corrected chi connectivity index (χ1v) is 8.01. The maximum Gasteiger partial charge on any atom is 0.258 e. The molecule has 3 aromatic rings. The van der Waals surface area contributed by atoms with E-state index in [1.54, 1.807) is 17.1 Å². The highest BCUT2D eigenvalue weighted by molar-refractivity contribution is 5.77. The van der Waals surface area contributed by atoms with Gasteiger partial charge in [0.1, 0.15) is 5.75 Å². The van der Waals surface area contributed by atoms with Crippen molar-refractivity contribution in [2.75, 3.05) is 6.61 Å². The Bertz CT molecular complexity index is 856. The number of amides is 1. The molecule has 6 heteroatoms. The van der Waals surface area contributed by atoms with Crippen molar-refractivity contribution in [2.45, 2.75) is 13.5 Å². The molecule has 1 aromatic carbocycles. The van der Waals surface area contributed by atoms with Crippen LogP contribution >= 0.6 is 0 Å². The van der Waals surface area contributed by atoms with Crippen LogP contribution < -0.4 is 10.1 Å². The minimum absolute atomic E-state index is 0.0223. The summed E-state index contributed by atoms with van der Waals surface area (Å²) in [7, 11) is 1.86. The lowest BCUT2D eigenvalue weighted by molar-refractivity contribution is -0.123. The van der Waals surface area contributed by atoms with E-state index >= 15 is 0 Å². The number of hydrogen-bond acceptors (Lipinski definition) is 4. The van der Waals surface area contributed by atoms with Crippen LogP contribution in [-0.2, 0) is 18.4 Å². The molecular weight excluding hydrogens is 316 g/mol. The lowest BCUT2D eigenvalue weighted by Crippen LogP contribution is -2.28. The fraction of sp³-hybridized carbons (Fsp3) is 0.211. The van der Waals surface area contributed by atoms with Gasteiger partial charge in [0.15, 0.2) is 6.61 Å². The number of nitrogens with zero attached hydrogens (tertiary/aromatic N) is 3. The van der Waals surface area contributed by atoms with Crippen molar-refractivity contribution in [1.82, 2.24) is 20.1 Å². The van der Waals surface area contributed by atoms with E-state index in [1.165, 1.54) is 0 Å². The summed E-state index contributed by atoms with van der Waals surface area (Å²) in [6.07, 6.45) is 5.39. The molecule has 2 aromatic heterocycles. The van der Waals surface area contributed by atoms with Gasteiger partial charge in [-0.2, -0.15) is 5.10 Å². The van der Waals surface area contributed by atoms with E-state index in [9.17, 15) is 4.79 Å². The summed E-state index contributed by atoms with van der Waals surface area (Å²) in [6.45, 7) is 2.37. The summed E-state index contributed by atoms with van der Waals surface area (Å²) < 4.78 is 7.21. The Hall–Kier alpha value is -3.15. The molecule has 0 unspecified atom stereocenters. The molecule has 0 aliphatic rings. The predicted octanol–water partition coefficient (Wildman–Crippen LogP) is 2.49. The molecule has 2 heterocycles. The van der Waals surface area contributed by atoms with Crippen molar-refractivity contribution in [3.8, 4) is 17.0 Å². The topological polar surface area (TPSA) is 69.0 Å². The largest absolute Gasteiger partial charge is 0.484 e. The number of carbonyl (C=O) groups excluding carboxylic acids is 1. The summed E-state index contributed by atoms with van der Waals surface area (Å²) in [4.78, 5) is 16.4. The zero-order valence-electron chi connectivity index (χ0n) is 14.3. The van der Waals surface area contributed by atoms with Crippen LogP contribution in [-0.4, -0.2) is 27.3 Å². The molecule has 1 N–H and O–H groups in total. The van der Waals surface area contributed by atoms with Gasteiger partial charge in [0.2, 0.25) is 0 Å². The lowest BCUT2D eigenvalue weighted by atomic mass is 10.1. The summed E-state index contributed by atoms with van der Waals surface area (Å²) in [5.74, 6) is 0.500. The van der Waals surface area contributed by atoms with Crippen molar-refractivity contribution in [3.63, 3.8) is 0 Å². The molecule has 128 valence electrons. The van der Waals surface area contributed by atoms with E-state index in [2.05, 4.69) is 15.4 Å². The Labute approximate surface area is 146 Å². The molecule has 0 aliphatic heterocycles. The number of ether oxygens (including phenoxy) is 1. The highest BCUT2D eigenvalue weighted by atomic mass is 16.5. The fourth-order valence-corrected chi connectivity index (χ4v) is 2.41. The van der Waals surface area contributed by atoms with Gasteiger partial charge in [0.05, 0.1) is 11.9 Å². The van der Waals surface area contributed by atoms with Crippen molar-refractivity contribution in [3.05, 3.63) is 66.1 Å². The van der Waals surface area contributed by atoms with Crippen molar-refractivity contribution in [2.24, 2.45) is 7.05 Å². The quantitative estimate of drug-likeness (QED) is 0.751. The molecule has 0 fully saturated rings. The number of hydrogen-bond donors (Lipinski definition) is 1. The number of benzene rings is 1. The molecule has 6 nitrogen and oxygen atoms in total. The number of aromatic nitrogens is 3. The van der Waals surface area contributed by atoms with E-state index in [0.29, 0.717) is 12.3 Å². The standard InChI is InChI=1S/C19H20N4O2/c1-14-5-7-17(8-6-14)25-13-18(24)21-10-15-4-3-9-20-19(15)16-11-22-23(2)12-16/h3-9,11-12H,10,13H2,1-2H3,(H,21,24). The van der Waals surface area contributed by atoms with E-state index in [0.717, 1.165) is 22.4 Å². The number of pyridine rings is 1. The average molecular weight is 336 g/mol. The van der Waals surface area contributed by atoms with Gasteiger partial charge in [-0.1, -0.05) is 23.8 Å². The van der Waals surface area contributed by atoms with Crippen LogP contribution in [0.2, 0.25) is 0 Å². The summed E-state index contributed by atoms with van der Waals surface area (Å²) in [5.41, 5.74) is 3.81. The average Bonchev–Trinajstić information content (AvgIpc) is 3.06. The Kier molecular flexibility index (Phi) is 5.09. The smallest absolute Gasteiger partial charge is 0.258 e. The first-order valence-electron chi connectivity index (χ1n) is 8.01. The van der Waals surface area contributed by atoms with Crippen LogP contribution in [0, 0.1) is 6.92 Å². The monoisotopic (exact) mass is 336 g/mol. The van der Waals surface area contributed by atoms with Crippen molar-refractivity contribution in [1.29, 1.82) is 0 Å². The molecule has 3 rings (SSSR count). The first-order chi connectivity index (χ1) is 12.1. The Morgan fingerprint density at radius 3 is 2.76 bits per heavy atom. The Morgan fingerprint density at radius 1 is 1.24 bits per heavy atom. The molecular formula is C19H20N4O2. The van der Waals surface area contributed by atoms with Gasteiger partial charge in [0.25, 0.3) is 5.91 Å². The Balaban J connectivity index is 1.58. The highest BCUT2D eigenvalue weighted by Gasteiger charge is 2.10.